The van der Waals surface area contributed by atoms with Crippen molar-refractivity contribution in [3.63, 3.8) is 0 Å². The van der Waals surface area contributed by atoms with E-state index < -0.39 is 0 Å². The third-order valence-corrected chi connectivity index (χ3v) is 11.0. The zero-order valence-corrected chi connectivity index (χ0v) is 31.6. The van der Waals surface area contributed by atoms with Crippen molar-refractivity contribution in [3.05, 3.63) is 45.3 Å². The van der Waals surface area contributed by atoms with Crippen molar-refractivity contribution in [1.29, 1.82) is 0 Å². The summed E-state index contributed by atoms with van der Waals surface area (Å²) in [5.41, 5.74) is 7.15. The molecule has 0 saturated carbocycles. The third kappa shape index (κ3) is 8.06. The van der Waals surface area contributed by atoms with Gasteiger partial charge in [-0.05, 0) is 49.6 Å². The van der Waals surface area contributed by atoms with Gasteiger partial charge in [-0.1, -0.05) is 155 Å². The Labute approximate surface area is 289 Å². The zero-order valence-electron chi connectivity index (χ0n) is 28.4. The van der Waals surface area contributed by atoms with E-state index in [9.17, 15) is 0 Å². The number of nitrogens with zero attached hydrogens (tertiary/aromatic N) is 3. The molecule has 5 aromatic rings. The number of rotatable bonds is 21. The molecule has 0 spiro atoms. The SMILES string of the molecule is CCCCCCCCn1c2ccc(Br)cc2c2c1c1c3ccc(Br)cc3n(CCCCCCCC)c1n2CCCCCCCC. The van der Waals surface area contributed by atoms with Crippen LogP contribution in [0.3, 0.4) is 0 Å². The number of aromatic nitrogens is 3. The molecule has 5 rings (SSSR count). The summed E-state index contributed by atoms with van der Waals surface area (Å²) in [5.74, 6) is 0. The van der Waals surface area contributed by atoms with E-state index in [4.69, 9.17) is 0 Å². The molecule has 0 amide bonds. The first-order valence-corrected chi connectivity index (χ1v) is 20.1. The molecule has 0 fully saturated rings. The van der Waals surface area contributed by atoms with Crippen LogP contribution >= 0.6 is 31.9 Å². The predicted molar refractivity (Wildman–Crippen MR) is 206 cm³/mol. The third-order valence-electron chi connectivity index (χ3n) is 9.97. The van der Waals surface area contributed by atoms with E-state index in [2.05, 4.69) is 103 Å². The molecule has 246 valence electrons. The molecule has 3 nitrogen and oxygen atoms in total. The lowest BCUT2D eigenvalue weighted by Gasteiger charge is -2.13. The highest BCUT2D eigenvalue weighted by atomic mass is 79.9. The normalized spacial score (nSPS) is 12.2. The summed E-state index contributed by atoms with van der Waals surface area (Å²) < 4.78 is 10.5. The van der Waals surface area contributed by atoms with E-state index in [-0.39, 0.29) is 0 Å². The Morgan fingerprint density at radius 1 is 0.444 bits per heavy atom. The minimum Gasteiger partial charge on any atom is -0.339 e. The molecule has 5 heteroatoms. The first-order chi connectivity index (χ1) is 22.1. The number of unbranched alkanes of at least 4 members (excludes halogenated alkanes) is 15. The Morgan fingerprint density at radius 2 is 0.933 bits per heavy atom. The molecule has 0 atom stereocenters. The second kappa shape index (κ2) is 17.4. The first kappa shape index (κ1) is 34.6. The van der Waals surface area contributed by atoms with E-state index in [1.165, 1.54) is 168 Å². The minimum absolute atomic E-state index is 1.09. The average molecular weight is 740 g/mol. The second-order valence-corrected chi connectivity index (χ2v) is 15.3. The highest BCUT2D eigenvalue weighted by Gasteiger charge is 2.26. The summed E-state index contributed by atoms with van der Waals surface area (Å²) in [7, 11) is 0. The van der Waals surface area contributed by atoms with Crippen LogP contribution < -0.4 is 0 Å². The van der Waals surface area contributed by atoms with Crippen molar-refractivity contribution >= 4 is 75.7 Å². The van der Waals surface area contributed by atoms with Crippen molar-refractivity contribution < 1.29 is 0 Å². The molecule has 0 aliphatic rings. The fourth-order valence-corrected chi connectivity index (χ4v) is 8.30. The Kier molecular flexibility index (Phi) is 13.4. The van der Waals surface area contributed by atoms with Crippen LogP contribution in [0.5, 0.6) is 0 Å². The topological polar surface area (TPSA) is 14.8 Å². The van der Waals surface area contributed by atoms with Gasteiger partial charge in [0.05, 0.1) is 27.5 Å². The van der Waals surface area contributed by atoms with Gasteiger partial charge in [0.25, 0.3) is 0 Å². The molecule has 0 unspecified atom stereocenters. The minimum atomic E-state index is 1.09. The van der Waals surface area contributed by atoms with Crippen LogP contribution in [0.25, 0.3) is 43.9 Å². The summed E-state index contributed by atoms with van der Waals surface area (Å²) in [6.45, 7) is 10.2. The highest BCUT2D eigenvalue weighted by molar-refractivity contribution is 9.10. The summed E-state index contributed by atoms with van der Waals surface area (Å²) in [4.78, 5) is 0. The monoisotopic (exact) mass is 737 g/mol. The molecule has 0 radical (unpaired) electrons. The molecular weight excluding hydrogens is 682 g/mol. The number of benzene rings is 2. The summed E-state index contributed by atoms with van der Waals surface area (Å²) in [5, 5.41) is 4.30. The molecule has 0 bridgehead atoms. The number of fused-ring (bicyclic) bond motifs is 7. The Hall–Kier alpha value is -1.72. The molecule has 0 aliphatic heterocycles. The molecule has 0 saturated heterocycles. The van der Waals surface area contributed by atoms with Crippen LogP contribution in [-0.2, 0) is 19.6 Å². The van der Waals surface area contributed by atoms with Crippen LogP contribution in [0, 0.1) is 0 Å². The van der Waals surface area contributed by atoms with E-state index in [0.717, 1.165) is 19.6 Å². The fraction of sp³-hybridized carbons (Fsp3) is 0.600. The van der Waals surface area contributed by atoms with Gasteiger partial charge in [-0.15, -0.1) is 0 Å². The maximum atomic E-state index is 3.86. The van der Waals surface area contributed by atoms with Gasteiger partial charge in [0.15, 0.2) is 0 Å². The number of halogens is 2. The van der Waals surface area contributed by atoms with Crippen LogP contribution in [0.1, 0.15) is 136 Å². The zero-order chi connectivity index (χ0) is 31.6. The lowest BCUT2D eigenvalue weighted by atomic mass is 10.1. The van der Waals surface area contributed by atoms with Crippen LogP contribution in [0.4, 0.5) is 0 Å². The summed E-state index contributed by atoms with van der Waals surface area (Å²) in [6, 6.07) is 14.0. The predicted octanol–water partition coefficient (Wildman–Crippen LogP) is 14.3. The van der Waals surface area contributed by atoms with Gasteiger partial charge in [-0.3, -0.25) is 0 Å². The largest absolute Gasteiger partial charge is 0.339 e. The molecule has 3 heterocycles. The van der Waals surface area contributed by atoms with Crippen molar-refractivity contribution in [3.8, 4) is 0 Å². The van der Waals surface area contributed by atoms with Gasteiger partial charge >= 0.3 is 0 Å². The van der Waals surface area contributed by atoms with Gasteiger partial charge in [-0.25, -0.2) is 0 Å². The van der Waals surface area contributed by atoms with Crippen LogP contribution in [0.2, 0.25) is 0 Å². The maximum Gasteiger partial charge on any atom is 0.123 e. The smallest absolute Gasteiger partial charge is 0.123 e. The van der Waals surface area contributed by atoms with Gasteiger partial charge in [0.1, 0.15) is 5.65 Å². The van der Waals surface area contributed by atoms with Gasteiger partial charge in [0, 0.05) is 39.4 Å². The van der Waals surface area contributed by atoms with Gasteiger partial charge in [0.2, 0.25) is 0 Å². The summed E-state index contributed by atoms with van der Waals surface area (Å²) >= 11 is 7.70. The Morgan fingerprint density at radius 3 is 1.53 bits per heavy atom. The van der Waals surface area contributed by atoms with Crippen LogP contribution in [0.15, 0.2) is 45.3 Å². The molecule has 2 aromatic carbocycles. The van der Waals surface area contributed by atoms with Crippen molar-refractivity contribution in [2.24, 2.45) is 0 Å². The number of aryl methyl sites for hydroxylation is 3. The van der Waals surface area contributed by atoms with Crippen molar-refractivity contribution in [1.82, 2.24) is 13.7 Å². The fourth-order valence-electron chi connectivity index (χ4n) is 7.59. The molecule has 0 aliphatic carbocycles. The maximum absolute atomic E-state index is 3.86. The van der Waals surface area contributed by atoms with Gasteiger partial charge in [-0.2, -0.15) is 0 Å². The van der Waals surface area contributed by atoms with Crippen molar-refractivity contribution in [2.45, 2.75) is 156 Å². The standard InChI is InChI=1S/C40H57Br2N3/c1-4-7-10-13-16-19-26-43-35-25-23-31(41)29-34(35)38-39(43)37-33-24-22-32(42)30-36(33)44(27-20-17-14-11-8-5-2)40(37)45(38)28-21-18-15-12-9-6-3/h22-25,29-30H,4-21,26-28H2,1-3H3. The second-order valence-electron chi connectivity index (χ2n) is 13.5. The first-order valence-electron chi connectivity index (χ1n) is 18.5. The Bertz CT molecular complexity index is 1650. The number of hydrogen-bond donors (Lipinski definition) is 0. The van der Waals surface area contributed by atoms with E-state index in [1.54, 1.807) is 0 Å². The molecule has 45 heavy (non-hydrogen) atoms. The highest BCUT2D eigenvalue weighted by Crippen LogP contribution is 2.43. The quantitative estimate of drug-likeness (QED) is 0.0666. The Balaban J connectivity index is 1.64. The van der Waals surface area contributed by atoms with Crippen molar-refractivity contribution in [2.75, 3.05) is 0 Å². The number of hydrogen-bond acceptors (Lipinski definition) is 0. The lowest BCUT2D eigenvalue weighted by molar-refractivity contribution is 0.553. The molecule has 3 aromatic heterocycles. The van der Waals surface area contributed by atoms with E-state index in [1.807, 2.05) is 0 Å². The van der Waals surface area contributed by atoms with Gasteiger partial charge < -0.3 is 13.7 Å². The lowest BCUT2D eigenvalue weighted by Crippen LogP contribution is -2.05. The molecule has 0 N–H and O–H groups in total. The molecular formula is C40H57Br2N3. The average Bonchev–Trinajstić information content (AvgIpc) is 3.63. The summed E-state index contributed by atoms with van der Waals surface area (Å²) in [6.07, 6.45) is 23.8. The van der Waals surface area contributed by atoms with E-state index in [0.29, 0.717) is 0 Å². The van der Waals surface area contributed by atoms with E-state index >= 15 is 0 Å². The van der Waals surface area contributed by atoms with Crippen LogP contribution in [-0.4, -0.2) is 13.7 Å².